The Labute approximate surface area is 195 Å². The quantitative estimate of drug-likeness (QED) is 0.422. The highest BCUT2D eigenvalue weighted by molar-refractivity contribution is 5.94. The van der Waals surface area contributed by atoms with Crippen molar-refractivity contribution in [2.75, 3.05) is 26.2 Å². The van der Waals surface area contributed by atoms with E-state index in [-0.39, 0.29) is 5.91 Å². The summed E-state index contributed by atoms with van der Waals surface area (Å²) < 4.78 is 2.35. The second-order valence-corrected chi connectivity index (χ2v) is 8.68. The minimum atomic E-state index is 0.118. The first-order valence-corrected chi connectivity index (χ1v) is 11.8. The van der Waals surface area contributed by atoms with Crippen LogP contribution in [0.3, 0.4) is 0 Å². The van der Waals surface area contributed by atoms with E-state index >= 15 is 0 Å². The van der Waals surface area contributed by atoms with E-state index in [4.69, 9.17) is 4.98 Å². The van der Waals surface area contributed by atoms with Crippen LogP contribution in [-0.2, 0) is 13.1 Å². The van der Waals surface area contributed by atoms with Crippen molar-refractivity contribution in [3.63, 3.8) is 0 Å². The summed E-state index contributed by atoms with van der Waals surface area (Å²) in [6.07, 6.45) is 1.08. The number of aryl methyl sites for hydroxylation is 1. The third kappa shape index (κ3) is 4.55. The molecular formula is C28H30N4O. The van der Waals surface area contributed by atoms with Crippen LogP contribution >= 0.6 is 0 Å². The van der Waals surface area contributed by atoms with Crippen LogP contribution in [0.4, 0.5) is 0 Å². The summed E-state index contributed by atoms with van der Waals surface area (Å²) >= 11 is 0. The predicted molar refractivity (Wildman–Crippen MR) is 133 cm³/mol. The summed E-state index contributed by atoms with van der Waals surface area (Å²) in [6, 6.07) is 26.6. The third-order valence-corrected chi connectivity index (χ3v) is 6.44. The van der Waals surface area contributed by atoms with Crippen LogP contribution in [0, 0.1) is 0 Å². The molecule has 2 heterocycles. The number of carbonyl (C=O) groups excluding carboxylic acids is 1. The molecule has 5 nitrogen and oxygen atoms in total. The molecule has 3 aromatic carbocycles. The molecule has 1 fully saturated rings. The normalized spacial score (nSPS) is 14.6. The minimum Gasteiger partial charge on any atom is -0.336 e. The van der Waals surface area contributed by atoms with Crippen LogP contribution in [0.2, 0.25) is 0 Å². The molecule has 0 radical (unpaired) electrons. The zero-order valence-corrected chi connectivity index (χ0v) is 19.2. The van der Waals surface area contributed by atoms with Crippen LogP contribution in [0.25, 0.3) is 22.2 Å². The van der Waals surface area contributed by atoms with Gasteiger partial charge in [0.15, 0.2) is 0 Å². The average Bonchev–Trinajstić information content (AvgIpc) is 3.22. The highest BCUT2D eigenvalue weighted by Gasteiger charge is 2.23. The number of piperazine rings is 1. The highest BCUT2D eigenvalue weighted by atomic mass is 16.2. The Morgan fingerprint density at radius 3 is 2.21 bits per heavy atom. The van der Waals surface area contributed by atoms with Gasteiger partial charge >= 0.3 is 0 Å². The van der Waals surface area contributed by atoms with Gasteiger partial charge in [-0.3, -0.25) is 9.69 Å². The molecule has 1 aliphatic heterocycles. The zero-order chi connectivity index (χ0) is 22.6. The summed E-state index contributed by atoms with van der Waals surface area (Å²) in [5.74, 6) is 1.24. The van der Waals surface area contributed by atoms with Gasteiger partial charge in [0.1, 0.15) is 5.82 Å². The van der Waals surface area contributed by atoms with Gasteiger partial charge in [0.05, 0.1) is 17.6 Å². The number of carbonyl (C=O) groups is 1. The second-order valence-electron chi connectivity index (χ2n) is 8.68. The number of rotatable bonds is 6. The van der Waals surface area contributed by atoms with Crippen molar-refractivity contribution >= 4 is 16.9 Å². The molecule has 1 aromatic heterocycles. The standard InChI is InChI=1S/C28H30N4O/c1-2-16-32-26-11-7-6-10-25(26)29-27(32)21-30-17-19-31(20-18-30)28(33)24-14-12-23(13-15-24)22-8-4-3-5-9-22/h3-15H,2,16-21H2,1H3. The number of para-hydroxylation sites is 2. The molecule has 5 heteroatoms. The number of hydrogen-bond donors (Lipinski definition) is 0. The third-order valence-electron chi connectivity index (χ3n) is 6.44. The Bertz CT molecular complexity index is 1220. The molecule has 0 spiro atoms. The maximum Gasteiger partial charge on any atom is 0.253 e. The largest absolute Gasteiger partial charge is 0.336 e. The Balaban J connectivity index is 1.22. The Hall–Kier alpha value is -3.44. The highest BCUT2D eigenvalue weighted by Crippen LogP contribution is 2.21. The van der Waals surface area contributed by atoms with Crippen molar-refractivity contribution in [1.29, 1.82) is 0 Å². The van der Waals surface area contributed by atoms with Crippen molar-refractivity contribution in [3.05, 3.63) is 90.3 Å². The molecule has 168 valence electrons. The molecule has 0 atom stereocenters. The lowest BCUT2D eigenvalue weighted by Gasteiger charge is -2.34. The fourth-order valence-electron chi connectivity index (χ4n) is 4.65. The molecule has 5 rings (SSSR count). The van der Waals surface area contributed by atoms with E-state index in [1.807, 2.05) is 53.4 Å². The predicted octanol–water partition coefficient (Wildman–Crippen LogP) is 5.07. The Morgan fingerprint density at radius 1 is 0.818 bits per heavy atom. The molecule has 1 amide bonds. The lowest BCUT2D eigenvalue weighted by atomic mass is 10.0. The number of nitrogens with zero attached hydrogens (tertiary/aromatic N) is 4. The van der Waals surface area contributed by atoms with Gasteiger partial charge in [0.2, 0.25) is 0 Å². The van der Waals surface area contributed by atoms with Gasteiger partial charge in [0.25, 0.3) is 5.91 Å². The van der Waals surface area contributed by atoms with Crippen LogP contribution < -0.4 is 0 Å². The fraction of sp³-hybridized carbons (Fsp3) is 0.286. The van der Waals surface area contributed by atoms with Crippen LogP contribution in [0.5, 0.6) is 0 Å². The van der Waals surface area contributed by atoms with Crippen molar-refractivity contribution in [1.82, 2.24) is 19.4 Å². The molecule has 33 heavy (non-hydrogen) atoms. The monoisotopic (exact) mass is 438 g/mol. The molecule has 0 saturated carbocycles. The molecule has 0 N–H and O–H groups in total. The summed E-state index contributed by atoms with van der Waals surface area (Å²) in [5, 5.41) is 0. The van der Waals surface area contributed by atoms with Crippen LogP contribution in [0.1, 0.15) is 29.5 Å². The van der Waals surface area contributed by atoms with Crippen molar-refractivity contribution in [3.8, 4) is 11.1 Å². The maximum absolute atomic E-state index is 13.1. The van der Waals surface area contributed by atoms with E-state index < -0.39 is 0 Å². The molecular weight excluding hydrogens is 408 g/mol. The van der Waals surface area contributed by atoms with Crippen LogP contribution in [0.15, 0.2) is 78.9 Å². The van der Waals surface area contributed by atoms with Crippen molar-refractivity contribution < 1.29 is 4.79 Å². The fourth-order valence-corrected chi connectivity index (χ4v) is 4.65. The molecule has 0 aliphatic carbocycles. The molecule has 4 aromatic rings. The first-order chi connectivity index (χ1) is 16.2. The second kappa shape index (κ2) is 9.59. The van der Waals surface area contributed by atoms with E-state index in [0.717, 1.165) is 68.2 Å². The van der Waals surface area contributed by atoms with E-state index in [1.54, 1.807) is 0 Å². The number of aromatic nitrogens is 2. The number of amides is 1. The Kier molecular flexibility index (Phi) is 6.22. The topological polar surface area (TPSA) is 41.4 Å². The summed E-state index contributed by atoms with van der Waals surface area (Å²) in [4.78, 5) is 22.3. The number of hydrogen-bond acceptors (Lipinski definition) is 3. The van der Waals surface area contributed by atoms with Gasteiger partial charge in [-0.1, -0.05) is 61.5 Å². The van der Waals surface area contributed by atoms with E-state index in [0.29, 0.717) is 0 Å². The smallest absolute Gasteiger partial charge is 0.253 e. The van der Waals surface area contributed by atoms with Gasteiger partial charge < -0.3 is 9.47 Å². The first-order valence-electron chi connectivity index (χ1n) is 11.8. The van der Waals surface area contributed by atoms with E-state index in [1.165, 1.54) is 11.1 Å². The van der Waals surface area contributed by atoms with Gasteiger partial charge in [-0.25, -0.2) is 4.98 Å². The molecule has 0 unspecified atom stereocenters. The molecule has 1 saturated heterocycles. The van der Waals surface area contributed by atoms with Gasteiger partial charge in [0, 0.05) is 38.3 Å². The SMILES string of the molecule is CCCn1c(CN2CCN(C(=O)c3ccc(-c4ccccc4)cc3)CC2)nc2ccccc21. The van der Waals surface area contributed by atoms with E-state index in [9.17, 15) is 4.79 Å². The van der Waals surface area contributed by atoms with Gasteiger partial charge in [-0.2, -0.15) is 0 Å². The summed E-state index contributed by atoms with van der Waals surface area (Å²) in [5.41, 5.74) is 5.33. The number of imidazole rings is 1. The summed E-state index contributed by atoms with van der Waals surface area (Å²) in [6.45, 7) is 7.22. The summed E-state index contributed by atoms with van der Waals surface area (Å²) in [7, 11) is 0. The number of fused-ring (bicyclic) bond motifs is 1. The minimum absolute atomic E-state index is 0.118. The lowest BCUT2D eigenvalue weighted by molar-refractivity contribution is 0.0624. The number of benzene rings is 3. The zero-order valence-electron chi connectivity index (χ0n) is 19.2. The first kappa shape index (κ1) is 21.4. The molecule has 1 aliphatic rings. The lowest BCUT2D eigenvalue weighted by Crippen LogP contribution is -2.48. The Morgan fingerprint density at radius 2 is 1.48 bits per heavy atom. The van der Waals surface area contributed by atoms with E-state index in [2.05, 4.69) is 46.7 Å². The van der Waals surface area contributed by atoms with Crippen molar-refractivity contribution in [2.24, 2.45) is 0 Å². The average molecular weight is 439 g/mol. The van der Waals surface area contributed by atoms with Crippen LogP contribution in [-0.4, -0.2) is 51.4 Å². The van der Waals surface area contributed by atoms with Crippen molar-refractivity contribution in [2.45, 2.75) is 26.4 Å². The molecule has 0 bridgehead atoms. The van der Waals surface area contributed by atoms with Gasteiger partial charge in [-0.15, -0.1) is 0 Å². The van der Waals surface area contributed by atoms with Gasteiger partial charge in [-0.05, 0) is 41.8 Å². The maximum atomic E-state index is 13.1.